The molecule has 146 valence electrons. The summed E-state index contributed by atoms with van der Waals surface area (Å²) in [7, 11) is 0. The lowest BCUT2D eigenvalue weighted by atomic mass is 10.2. The number of amides is 2. The number of nitrogens with zero attached hydrogens (tertiary/aromatic N) is 1. The Kier molecular flexibility index (Phi) is 7.59. The second-order valence-corrected chi connectivity index (χ2v) is 9.39. The fourth-order valence-corrected chi connectivity index (χ4v) is 4.36. The molecule has 0 N–H and O–H groups in total. The number of carbonyl (C=O) groups is 2. The Balaban J connectivity index is 1.68. The number of thioether (sulfide) groups is 1. The number of carbonyl (C=O) groups excluding carboxylic acids is 2. The van der Waals surface area contributed by atoms with Crippen molar-refractivity contribution in [3.63, 3.8) is 0 Å². The van der Waals surface area contributed by atoms with Crippen molar-refractivity contribution in [3.8, 4) is 5.75 Å². The lowest BCUT2D eigenvalue weighted by Crippen LogP contribution is -2.29. The summed E-state index contributed by atoms with van der Waals surface area (Å²) in [5.74, 6) is 0.519. The van der Waals surface area contributed by atoms with E-state index in [4.69, 9.17) is 4.74 Å². The van der Waals surface area contributed by atoms with Gasteiger partial charge in [-0.15, -0.1) is 0 Å². The molecule has 28 heavy (non-hydrogen) atoms. The summed E-state index contributed by atoms with van der Waals surface area (Å²) in [6.07, 6.45) is 3.52. The second kappa shape index (κ2) is 9.93. The highest BCUT2D eigenvalue weighted by molar-refractivity contribution is 14.1. The van der Waals surface area contributed by atoms with E-state index in [-0.39, 0.29) is 11.1 Å². The fourth-order valence-electron chi connectivity index (χ4n) is 2.63. The molecule has 0 radical (unpaired) electrons. The van der Waals surface area contributed by atoms with Crippen molar-refractivity contribution in [2.45, 2.75) is 26.4 Å². The average Bonchev–Trinajstić information content (AvgIpc) is 2.94. The normalized spacial score (nSPS) is 15.5. The second-order valence-electron chi connectivity index (χ2n) is 6.29. The molecular weight excluding hydrogens is 553 g/mol. The van der Waals surface area contributed by atoms with Crippen molar-refractivity contribution in [3.05, 3.63) is 66.5 Å². The monoisotopic (exact) mass is 571 g/mol. The summed E-state index contributed by atoms with van der Waals surface area (Å²) in [6.45, 7) is 2.99. The molecule has 0 spiro atoms. The first-order valence-electron chi connectivity index (χ1n) is 8.90. The first-order chi connectivity index (χ1) is 13.5. The Bertz CT molecular complexity index is 914. The van der Waals surface area contributed by atoms with Crippen LogP contribution in [0.1, 0.15) is 30.9 Å². The highest BCUT2D eigenvalue weighted by Crippen LogP contribution is 2.34. The van der Waals surface area contributed by atoms with Crippen LogP contribution in [-0.4, -0.2) is 22.6 Å². The number of unbranched alkanes of at least 4 members (excludes halogenated alkanes) is 1. The molecule has 0 atom stereocenters. The molecule has 3 rings (SSSR count). The Labute approximate surface area is 191 Å². The zero-order valence-corrected chi connectivity index (χ0v) is 19.8. The van der Waals surface area contributed by atoms with Gasteiger partial charge in [-0.2, -0.15) is 0 Å². The molecule has 2 amide bonds. The Morgan fingerprint density at radius 2 is 1.93 bits per heavy atom. The lowest BCUT2D eigenvalue weighted by Gasteiger charge is -2.11. The predicted octanol–water partition coefficient (Wildman–Crippen LogP) is 6.47. The SMILES string of the molecule is CCCCN1C(=O)S/C(=C\c2ccc(OCc3ccc(I)cc3)c(Br)c2)C1=O. The summed E-state index contributed by atoms with van der Waals surface area (Å²) in [5, 5.41) is -0.193. The van der Waals surface area contributed by atoms with Crippen molar-refractivity contribution in [2.24, 2.45) is 0 Å². The minimum atomic E-state index is -0.210. The van der Waals surface area contributed by atoms with E-state index >= 15 is 0 Å². The third kappa shape index (κ3) is 5.39. The number of imide groups is 1. The van der Waals surface area contributed by atoms with Crippen LogP contribution < -0.4 is 4.74 Å². The van der Waals surface area contributed by atoms with Gasteiger partial charge in [0.2, 0.25) is 0 Å². The standard InChI is InChI=1S/C21H19BrINO3S/c1-2-3-10-24-20(25)19(28-21(24)26)12-15-6-9-18(17(22)11-15)27-13-14-4-7-16(23)8-5-14/h4-9,11-12H,2-3,10,13H2,1H3/b19-12-. The molecule has 1 heterocycles. The van der Waals surface area contributed by atoms with Crippen molar-refractivity contribution < 1.29 is 14.3 Å². The highest BCUT2D eigenvalue weighted by atomic mass is 127. The van der Waals surface area contributed by atoms with Gasteiger partial charge in [-0.1, -0.05) is 31.5 Å². The zero-order chi connectivity index (χ0) is 20.1. The van der Waals surface area contributed by atoms with Crippen molar-refractivity contribution in [1.82, 2.24) is 4.90 Å². The Morgan fingerprint density at radius 3 is 2.61 bits per heavy atom. The van der Waals surface area contributed by atoms with E-state index in [0.29, 0.717) is 18.1 Å². The first kappa shape index (κ1) is 21.4. The molecule has 2 aromatic rings. The van der Waals surface area contributed by atoms with Gasteiger partial charge in [0.05, 0.1) is 9.38 Å². The topological polar surface area (TPSA) is 46.6 Å². The molecule has 7 heteroatoms. The molecular formula is C21H19BrINO3S. The molecule has 0 unspecified atom stereocenters. The number of halogens is 2. The largest absolute Gasteiger partial charge is 0.488 e. The van der Waals surface area contributed by atoms with Crippen molar-refractivity contribution >= 4 is 67.5 Å². The molecule has 0 aliphatic carbocycles. The maximum atomic E-state index is 12.4. The summed E-state index contributed by atoms with van der Waals surface area (Å²) in [6, 6.07) is 13.8. The van der Waals surface area contributed by atoms with E-state index in [0.717, 1.165) is 46.0 Å². The highest BCUT2D eigenvalue weighted by Gasteiger charge is 2.34. The van der Waals surface area contributed by atoms with Gasteiger partial charge in [0.25, 0.3) is 11.1 Å². The minimum Gasteiger partial charge on any atom is -0.488 e. The molecule has 0 saturated carbocycles. The Hall–Kier alpha value is -1.32. The molecule has 1 aliphatic rings. The van der Waals surface area contributed by atoms with Crippen molar-refractivity contribution in [2.75, 3.05) is 6.54 Å². The van der Waals surface area contributed by atoms with Crippen molar-refractivity contribution in [1.29, 1.82) is 0 Å². The lowest BCUT2D eigenvalue weighted by molar-refractivity contribution is -0.122. The van der Waals surface area contributed by atoms with E-state index in [1.54, 1.807) is 6.08 Å². The minimum absolute atomic E-state index is 0.193. The number of hydrogen-bond acceptors (Lipinski definition) is 4. The average molecular weight is 572 g/mol. The van der Waals surface area contributed by atoms with Crippen LogP contribution in [0.5, 0.6) is 5.75 Å². The molecule has 1 aliphatic heterocycles. The number of rotatable bonds is 7. The number of benzene rings is 2. The van der Waals surface area contributed by atoms with Crippen LogP contribution in [0, 0.1) is 3.57 Å². The fraction of sp³-hybridized carbons (Fsp3) is 0.238. The molecule has 4 nitrogen and oxygen atoms in total. The zero-order valence-electron chi connectivity index (χ0n) is 15.3. The van der Waals surface area contributed by atoms with Gasteiger partial charge in [-0.05, 0) is 98.2 Å². The van der Waals surface area contributed by atoms with Crippen LogP contribution in [0.4, 0.5) is 4.79 Å². The van der Waals surface area contributed by atoms with Gasteiger partial charge in [0.1, 0.15) is 12.4 Å². The van der Waals surface area contributed by atoms with E-state index in [1.807, 2.05) is 49.4 Å². The Morgan fingerprint density at radius 1 is 1.18 bits per heavy atom. The van der Waals surface area contributed by atoms with Gasteiger partial charge in [0, 0.05) is 10.1 Å². The van der Waals surface area contributed by atoms with Crippen LogP contribution >= 0.6 is 50.3 Å². The maximum absolute atomic E-state index is 12.4. The van der Waals surface area contributed by atoms with Gasteiger partial charge in [0.15, 0.2) is 0 Å². The predicted molar refractivity (Wildman–Crippen MR) is 125 cm³/mol. The number of hydrogen-bond donors (Lipinski definition) is 0. The molecule has 0 aromatic heterocycles. The summed E-state index contributed by atoms with van der Waals surface area (Å²) < 4.78 is 7.87. The summed E-state index contributed by atoms with van der Waals surface area (Å²) >= 11 is 6.80. The van der Waals surface area contributed by atoms with Crippen LogP contribution in [0.25, 0.3) is 6.08 Å². The maximum Gasteiger partial charge on any atom is 0.293 e. The van der Waals surface area contributed by atoms with Gasteiger partial charge < -0.3 is 4.74 Å². The van der Waals surface area contributed by atoms with E-state index < -0.39 is 0 Å². The smallest absolute Gasteiger partial charge is 0.293 e. The van der Waals surface area contributed by atoms with Gasteiger partial charge in [-0.3, -0.25) is 14.5 Å². The quantitative estimate of drug-likeness (QED) is 0.282. The van der Waals surface area contributed by atoms with Gasteiger partial charge in [-0.25, -0.2) is 0 Å². The van der Waals surface area contributed by atoms with E-state index in [2.05, 4.69) is 38.5 Å². The summed E-state index contributed by atoms with van der Waals surface area (Å²) in [5.41, 5.74) is 1.94. The molecule has 2 aromatic carbocycles. The summed E-state index contributed by atoms with van der Waals surface area (Å²) in [4.78, 5) is 26.3. The first-order valence-corrected chi connectivity index (χ1v) is 11.6. The van der Waals surface area contributed by atoms with Gasteiger partial charge >= 0.3 is 0 Å². The third-order valence-electron chi connectivity index (χ3n) is 4.17. The molecule has 1 fully saturated rings. The van der Waals surface area contributed by atoms with Crippen LogP contribution in [-0.2, 0) is 11.4 Å². The van der Waals surface area contributed by atoms with Crippen LogP contribution in [0.15, 0.2) is 51.8 Å². The van der Waals surface area contributed by atoms with E-state index in [9.17, 15) is 9.59 Å². The number of ether oxygens (including phenoxy) is 1. The van der Waals surface area contributed by atoms with Crippen LogP contribution in [0.3, 0.4) is 0 Å². The van der Waals surface area contributed by atoms with Crippen LogP contribution in [0.2, 0.25) is 0 Å². The third-order valence-corrected chi connectivity index (χ3v) is 6.42. The molecule has 0 bridgehead atoms. The van der Waals surface area contributed by atoms with E-state index in [1.165, 1.54) is 8.47 Å². The molecule has 1 saturated heterocycles.